The Morgan fingerprint density at radius 1 is 1.06 bits per heavy atom. The molecule has 1 atom stereocenters. The fourth-order valence-corrected chi connectivity index (χ4v) is 4.54. The first-order valence-electron chi connectivity index (χ1n) is 11.8. The van der Waals surface area contributed by atoms with Gasteiger partial charge in [0.1, 0.15) is 17.3 Å². The molecule has 3 heterocycles. The van der Waals surface area contributed by atoms with Crippen molar-refractivity contribution in [2.45, 2.75) is 25.5 Å². The van der Waals surface area contributed by atoms with Crippen LogP contribution in [0.15, 0.2) is 53.1 Å². The van der Waals surface area contributed by atoms with Gasteiger partial charge in [-0.25, -0.2) is 8.78 Å². The first-order chi connectivity index (χ1) is 17.1. The van der Waals surface area contributed by atoms with Crippen LogP contribution < -0.4 is 4.90 Å². The van der Waals surface area contributed by atoms with Crippen molar-refractivity contribution in [2.75, 3.05) is 44.4 Å². The lowest BCUT2D eigenvalue weighted by Gasteiger charge is -2.29. The fraction of sp³-hybridized carbons (Fsp3) is 0.385. The Kier molecular flexibility index (Phi) is 7.06. The Balaban J connectivity index is 1.53. The molecule has 1 aromatic heterocycles. The van der Waals surface area contributed by atoms with Crippen LogP contribution in [-0.2, 0) is 16.0 Å². The number of amides is 1. The predicted molar refractivity (Wildman–Crippen MR) is 125 cm³/mol. The van der Waals surface area contributed by atoms with E-state index in [9.17, 15) is 13.6 Å². The van der Waals surface area contributed by atoms with Crippen LogP contribution in [0.2, 0.25) is 0 Å². The molecule has 2 fully saturated rings. The SMILES string of the molecule is O=C(c1ccc(F)cc1)N(Cc1c(-c2ccccc2F)noc1N1CCOCC1)C[C@H]1CCCO1. The maximum absolute atomic E-state index is 14.8. The van der Waals surface area contributed by atoms with E-state index in [1.165, 1.54) is 30.3 Å². The molecule has 7 nitrogen and oxygen atoms in total. The quantitative estimate of drug-likeness (QED) is 0.500. The summed E-state index contributed by atoms with van der Waals surface area (Å²) in [7, 11) is 0. The van der Waals surface area contributed by atoms with E-state index in [0.29, 0.717) is 67.7 Å². The molecule has 5 rings (SSSR count). The summed E-state index contributed by atoms with van der Waals surface area (Å²) in [4.78, 5) is 17.2. The van der Waals surface area contributed by atoms with E-state index in [1.54, 1.807) is 23.1 Å². The van der Waals surface area contributed by atoms with Gasteiger partial charge in [0.15, 0.2) is 0 Å². The summed E-state index contributed by atoms with van der Waals surface area (Å²) in [6.07, 6.45) is 1.66. The Morgan fingerprint density at radius 2 is 1.83 bits per heavy atom. The minimum atomic E-state index is -0.425. The summed E-state index contributed by atoms with van der Waals surface area (Å²) in [6.45, 7) is 3.38. The number of halogens is 2. The molecule has 35 heavy (non-hydrogen) atoms. The average molecular weight is 484 g/mol. The number of hydrogen-bond donors (Lipinski definition) is 0. The lowest BCUT2D eigenvalue weighted by Crippen LogP contribution is -2.39. The highest BCUT2D eigenvalue weighted by molar-refractivity contribution is 5.94. The van der Waals surface area contributed by atoms with Crippen molar-refractivity contribution in [2.24, 2.45) is 0 Å². The van der Waals surface area contributed by atoms with Gasteiger partial charge in [-0.1, -0.05) is 17.3 Å². The Labute approximate surface area is 202 Å². The molecule has 0 N–H and O–H groups in total. The molecular weight excluding hydrogens is 456 g/mol. The summed E-state index contributed by atoms with van der Waals surface area (Å²) < 4.78 is 45.3. The molecule has 0 unspecified atom stereocenters. The fourth-order valence-electron chi connectivity index (χ4n) is 4.54. The molecule has 184 valence electrons. The van der Waals surface area contributed by atoms with E-state index >= 15 is 0 Å². The number of rotatable bonds is 7. The largest absolute Gasteiger partial charge is 0.378 e. The Hall–Kier alpha value is -3.30. The molecule has 2 aliphatic heterocycles. The van der Waals surface area contributed by atoms with Crippen LogP contribution in [0.4, 0.5) is 14.7 Å². The Morgan fingerprint density at radius 3 is 2.54 bits per heavy atom. The van der Waals surface area contributed by atoms with E-state index in [0.717, 1.165) is 12.8 Å². The van der Waals surface area contributed by atoms with Gasteiger partial charge in [-0.2, -0.15) is 0 Å². The topological polar surface area (TPSA) is 68.0 Å². The van der Waals surface area contributed by atoms with Crippen molar-refractivity contribution in [3.63, 3.8) is 0 Å². The van der Waals surface area contributed by atoms with E-state index in [1.807, 2.05) is 4.90 Å². The lowest BCUT2D eigenvalue weighted by atomic mass is 10.0. The zero-order chi connectivity index (χ0) is 24.2. The number of nitrogens with zero attached hydrogens (tertiary/aromatic N) is 3. The second-order valence-corrected chi connectivity index (χ2v) is 8.72. The molecule has 9 heteroatoms. The number of carbonyl (C=O) groups excluding carboxylic acids is 1. The molecule has 0 aliphatic carbocycles. The van der Waals surface area contributed by atoms with Gasteiger partial charge in [0.05, 0.1) is 31.4 Å². The van der Waals surface area contributed by atoms with Gasteiger partial charge in [-0.15, -0.1) is 0 Å². The molecule has 2 saturated heterocycles. The van der Waals surface area contributed by atoms with Gasteiger partial charge in [0, 0.05) is 37.4 Å². The standard InChI is InChI=1S/C26H27F2N3O4/c27-19-9-7-18(8-10-19)25(32)31(16-20-4-3-13-34-20)17-22-24(21-5-1-2-6-23(21)28)29-35-26(22)30-11-14-33-15-12-30/h1-2,5-10,20H,3-4,11-17H2/t20-/m1/s1. The number of ether oxygens (including phenoxy) is 2. The highest BCUT2D eigenvalue weighted by Gasteiger charge is 2.30. The minimum absolute atomic E-state index is 0.108. The molecule has 2 aromatic carbocycles. The maximum Gasteiger partial charge on any atom is 0.254 e. The first kappa shape index (κ1) is 23.4. The second-order valence-electron chi connectivity index (χ2n) is 8.72. The van der Waals surface area contributed by atoms with E-state index in [4.69, 9.17) is 14.0 Å². The van der Waals surface area contributed by atoms with Gasteiger partial charge in [-0.05, 0) is 49.2 Å². The average Bonchev–Trinajstić information content (AvgIpc) is 3.55. The number of aromatic nitrogens is 1. The van der Waals surface area contributed by atoms with Crippen molar-refractivity contribution in [1.29, 1.82) is 0 Å². The maximum atomic E-state index is 14.8. The highest BCUT2D eigenvalue weighted by Crippen LogP contribution is 2.34. The van der Waals surface area contributed by atoms with E-state index < -0.39 is 11.6 Å². The minimum Gasteiger partial charge on any atom is -0.378 e. The van der Waals surface area contributed by atoms with Gasteiger partial charge >= 0.3 is 0 Å². The van der Waals surface area contributed by atoms with Crippen molar-refractivity contribution in [3.05, 3.63) is 71.3 Å². The first-order valence-corrected chi connectivity index (χ1v) is 11.8. The molecule has 1 amide bonds. The third kappa shape index (κ3) is 5.21. The highest BCUT2D eigenvalue weighted by atomic mass is 19.1. The van der Waals surface area contributed by atoms with Gasteiger partial charge in [0.2, 0.25) is 5.88 Å². The van der Waals surface area contributed by atoms with Crippen molar-refractivity contribution < 1.29 is 27.6 Å². The number of morpholine rings is 1. The normalized spacial score (nSPS) is 18.1. The summed E-state index contributed by atoms with van der Waals surface area (Å²) in [6, 6.07) is 11.8. The van der Waals surface area contributed by atoms with Crippen molar-refractivity contribution in [1.82, 2.24) is 10.1 Å². The number of benzene rings is 2. The van der Waals surface area contributed by atoms with Crippen molar-refractivity contribution >= 4 is 11.8 Å². The van der Waals surface area contributed by atoms with Crippen molar-refractivity contribution in [3.8, 4) is 11.3 Å². The van der Waals surface area contributed by atoms with Crippen LogP contribution in [0.25, 0.3) is 11.3 Å². The number of hydrogen-bond acceptors (Lipinski definition) is 6. The molecule has 3 aromatic rings. The third-order valence-electron chi connectivity index (χ3n) is 6.37. The summed E-state index contributed by atoms with van der Waals surface area (Å²) in [5.74, 6) is -0.612. The van der Waals surface area contributed by atoms with Crippen LogP contribution >= 0.6 is 0 Å². The zero-order valence-electron chi connectivity index (χ0n) is 19.3. The number of anilines is 1. The third-order valence-corrected chi connectivity index (χ3v) is 6.37. The molecular formula is C26H27F2N3O4. The Bertz CT molecular complexity index is 1160. The van der Waals surface area contributed by atoms with Crippen LogP contribution in [0, 0.1) is 11.6 Å². The summed E-state index contributed by atoms with van der Waals surface area (Å²) in [5.41, 5.74) is 1.64. The van der Waals surface area contributed by atoms with Crippen LogP contribution in [0.5, 0.6) is 0 Å². The second kappa shape index (κ2) is 10.5. The molecule has 2 aliphatic rings. The van der Waals surface area contributed by atoms with Crippen LogP contribution in [-0.4, -0.2) is 61.5 Å². The van der Waals surface area contributed by atoms with E-state index in [-0.39, 0.29) is 18.6 Å². The number of carbonyl (C=O) groups is 1. The monoisotopic (exact) mass is 483 g/mol. The zero-order valence-corrected chi connectivity index (χ0v) is 19.3. The van der Waals surface area contributed by atoms with Gasteiger partial charge in [-0.3, -0.25) is 4.79 Å². The molecule has 0 radical (unpaired) electrons. The summed E-state index contributed by atoms with van der Waals surface area (Å²) in [5, 5.41) is 4.23. The van der Waals surface area contributed by atoms with Crippen LogP contribution in [0.1, 0.15) is 28.8 Å². The van der Waals surface area contributed by atoms with E-state index in [2.05, 4.69) is 5.16 Å². The van der Waals surface area contributed by atoms with Gasteiger partial charge in [0.25, 0.3) is 5.91 Å². The molecule has 0 bridgehead atoms. The van der Waals surface area contributed by atoms with Gasteiger partial charge < -0.3 is 23.8 Å². The lowest BCUT2D eigenvalue weighted by molar-refractivity contribution is 0.0507. The molecule has 0 spiro atoms. The summed E-state index contributed by atoms with van der Waals surface area (Å²) >= 11 is 0. The van der Waals surface area contributed by atoms with Crippen LogP contribution in [0.3, 0.4) is 0 Å². The smallest absolute Gasteiger partial charge is 0.254 e. The predicted octanol–water partition coefficient (Wildman–Crippen LogP) is 4.28. The molecule has 0 saturated carbocycles.